The van der Waals surface area contributed by atoms with Crippen molar-refractivity contribution in [2.24, 2.45) is 0 Å². The van der Waals surface area contributed by atoms with Crippen molar-refractivity contribution in [1.29, 1.82) is 0 Å². The molecule has 0 atom stereocenters. The maximum atomic E-state index is 12.1. The number of aromatic nitrogens is 1. The summed E-state index contributed by atoms with van der Waals surface area (Å²) in [4.78, 5) is 17.5. The molecule has 6 heteroatoms. The Morgan fingerprint density at radius 3 is 2.67 bits per heavy atom. The van der Waals surface area contributed by atoms with Crippen LogP contribution in [0.15, 0.2) is 24.3 Å². The summed E-state index contributed by atoms with van der Waals surface area (Å²) in [6.45, 7) is 3.91. The van der Waals surface area contributed by atoms with Gasteiger partial charge in [0.1, 0.15) is 0 Å². The first-order valence-electron chi connectivity index (χ1n) is 5.33. The monoisotopic (exact) mass is 325 g/mol. The number of carbonyl (C=O) groups excluding carboxylic acids is 1. The predicted octanol–water partition coefficient (Wildman–Crippen LogP) is 3.73. The van der Waals surface area contributed by atoms with Crippen molar-refractivity contribution in [2.75, 3.05) is 9.66 Å². The third-order valence-electron chi connectivity index (χ3n) is 2.52. The van der Waals surface area contributed by atoms with E-state index in [2.05, 4.69) is 30.8 Å². The highest BCUT2D eigenvalue weighted by Crippen LogP contribution is 2.23. The number of rotatable bonds is 3. The first kappa shape index (κ1) is 13.0. The first-order chi connectivity index (χ1) is 8.61. The van der Waals surface area contributed by atoms with Crippen molar-refractivity contribution >= 4 is 44.2 Å². The van der Waals surface area contributed by atoms with E-state index in [1.807, 2.05) is 32.0 Å². The fraction of sp³-hybridized carbons (Fsp3) is 0.167. The summed E-state index contributed by atoms with van der Waals surface area (Å²) in [5, 5.41) is 3.43. The van der Waals surface area contributed by atoms with Crippen LogP contribution in [0, 0.1) is 13.8 Å². The number of para-hydroxylation sites is 1. The molecule has 1 aromatic carbocycles. The number of nitrogens with zero attached hydrogens (tertiary/aromatic N) is 1. The summed E-state index contributed by atoms with van der Waals surface area (Å²) < 4.78 is 2.81. The zero-order valence-electron chi connectivity index (χ0n) is 9.95. The molecule has 1 amide bonds. The van der Waals surface area contributed by atoms with Crippen LogP contribution < -0.4 is 9.66 Å². The van der Waals surface area contributed by atoms with E-state index in [9.17, 15) is 4.79 Å². The number of thiazole rings is 1. The number of anilines is 2. The predicted molar refractivity (Wildman–Crippen MR) is 78.5 cm³/mol. The van der Waals surface area contributed by atoms with Gasteiger partial charge in [-0.25, -0.2) is 4.98 Å². The Labute approximate surface area is 118 Å². The standard InChI is InChI=1S/C12H12BrN3OS/c1-7-8(2)18-12(14-7)15-11(17)9-5-3-4-6-10(9)16-13/h3-6,16H,1-2H3,(H,14,15,17). The van der Waals surface area contributed by atoms with Crippen LogP contribution in [-0.2, 0) is 0 Å². The molecule has 18 heavy (non-hydrogen) atoms. The second kappa shape index (κ2) is 5.49. The Morgan fingerprint density at radius 2 is 2.06 bits per heavy atom. The molecule has 0 saturated carbocycles. The molecule has 0 aliphatic carbocycles. The van der Waals surface area contributed by atoms with Gasteiger partial charge in [-0.15, -0.1) is 11.3 Å². The van der Waals surface area contributed by atoms with E-state index in [0.717, 1.165) is 16.3 Å². The van der Waals surface area contributed by atoms with Gasteiger partial charge in [0.05, 0.1) is 16.9 Å². The molecule has 4 nitrogen and oxygen atoms in total. The van der Waals surface area contributed by atoms with E-state index >= 15 is 0 Å². The summed E-state index contributed by atoms with van der Waals surface area (Å²) >= 11 is 4.61. The van der Waals surface area contributed by atoms with Crippen LogP contribution in [0.25, 0.3) is 0 Å². The van der Waals surface area contributed by atoms with Crippen molar-refractivity contribution in [2.45, 2.75) is 13.8 Å². The Hall–Kier alpha value is -1.40. The fourth-order valence-electron chi connectivity index (χ4n) is 1.45. The van der Waals surface area contributed by atoms with Gasteiger partial charge in [-0.2, -0.15) is 0 Å². The third-order valence-corrected chi connectivity index (χ3v) is 3.94. The molecule has 0 fully saturated rings. The lowest BCUT2D eigenvalue weighted by Gasteiger charge is -2.06. The molecule has 0 spiro atoms. The normalized spacial score (nSPS) is 10.2. The van der Waals surface area contributed by atoms with E-state index in [0.29, 0.717) is 10.7 Å². The van der Waals surface area contributed by atoms with E-state index in [1.54, 1.807) is 6.07 Å². The molecule has 2 N–H and O–H groups in total. The van der Waals surface area contributed by atoms with Crippen LogP contribution in [0.1, 0.15) is 20.9 Å². The van der Waals surface area contributed by atoms with Crippen LogP contribution in [0.5, 0.6) is 0 Å². The number of halogens is 1. The van der Waals surface area contributed by atoms with Crippen molar-refractivity contribution in [1.82, 2.24) is 4.98 Å². The molecule has 0 unspecified atom stereocenters. The Morgan fingerprint density at radius 1 is 1.33 bits per heavy atom. The molecule has 1 aromatic heterocycles. The summed E-state index contributed by atoms with van der Waals surface area (Å²) in [5.41, 5.74) is 2.24. The topological polar surface area (TPSA) is 54.0 Å². The number of carbonyl (C=O) groups is 1. The molecule has 0 aliphatic rings. The molecule has 0 bridgehead atoms. The quantitative estimate of drug-likeness (QED) is 0.845. The number of aryl methyl sites for hydroxylation is 2. The number of hydrogen-bond acceptors (Lipinski definition) is 4. The molecule has 94 valence electrons. The van der Waals surface area contributed by atoms with Crippen LogP contribution in [0.4, 0.5) is 10.8 Å². The molecule has 1 heterocycles. The number of nitrogens with one attached hydrogen (secondary N) is 2. The van der Waals surface area contributed by atoms with E-state index < -0.39 is 0 Å². The van der Waals surface area contributed by atoms with Crippen molar-refractivity contribution in [3.05, 3.63) is 40.4 Å². The molecule has 2 aromatic rings. The average molecular weight is 326 g/mol. The zero-order valence-corrected chi connectivity index (χ0v) is 12.4. The van der Waals surface area contributed by atoms with Crippen molar-refractivity contribution in [3.8, 4) is 0 Å². The SMILES string of the molecule is Cc1nc(NC(=O)c2ccccc2NBr)sc1C. The Bertz CT molecular complexity index is 563. The highest BCUT2D eigenvalue weighted by Gasteiger charge is 2.12. The molecule has 0 aliphatic heterocycles. The van der Waals surface area contributed by atoms with Crippen LogP contribution in [-0.4, -0.2) is 10.9 Å². The van der Waals surface area contributed by atoms with Gasteiger partial charge in [-0.3, -0.25) is 10.1 Å². The van der Waals surface area contributed by atoms with Crippen LogP contribution >= 0.6 is 27.5 Å². The van der Waals surface area contributed by atoms with Gasteiger partial charge in [0.2, 0.25) is 0 Å². The summed E-state index contributed by atoms with van der Waals surface area (Å²) in [7, 11) is 0. The molecule has 2 rings (SSSR count). The smallest absolute Gasteiger partial charge is 0.259 e. The van der Waals surface area contributed by atoms with Crippen LogP contribution in [0.2, 0.25) is 0 Å². The van der Waals surface area contributed by atoms with Gasteiger partial charge in [0.15, 0.2) is 5.13 Å². The highest BCUT2D eigenvalue weighted by atomic mass is 79.9. The number of benzene rings is 1. The number of hydrogen-bond donors (Lipinski definition) is 2. The zero-order chi connectivity index (χ0) is 13.1. The van der Waals surface area contributed by atoms with Crippen LogP contribution in [0.3, 0.4) is 0 Å². The van der Waals surface area contributed by atoms with Gasteiger partial charge < -0.3 is 4.34 Å². The second-order valence-corrected chi connectivity index (χ2v) is 5.35. The summed E-state index contributed by atoms with van der Waals surface area (Å²) in [6.07, 6.45) is 0. The minimum absolute atomic E-state index is 0.175. The molecule has 0 radical (unpaired) electrons. The average Bonchev–Trinajstić information content (AvgIpc) is 2.68. The summed E-state index contributed by atoms with van der Waals surface area (Å²) in [6, 6.07) is 7.26. The van der Waals surface area contributed by atoms with Gasteiger partial charge in [0, 0.05) is 21.0 Å². The van der Waals surface area contributed by atoms with E-state index in [1.165, 1.54) is 11.3 Å². The number of amides is 1. The highest BCUT2D eigenvalue weighted by molar-refractivity contribution is 9.10. The molecular weight excluding hydrogens is 314 g/mol. The third kappa shape index (κ3) is 2.70. The first-order valence-corrected chi connectivity index (χ1v) is 6.94. The molecular formula is C12H12BrN3OS. The largest absolute Gasteiger partial charge is 0.322 e. The van der Waals surface area contributed by atoms with Gasteiger partial charge in [-0.05, 0) is 26.0 Å². The lowest BCUT2D eigenvalue weighted by molar-refractivity contribution is 0.102. The Balaban J connectivity index is 2.22. The lowest BCUT2D eigenvalue weighted by Crippen LogP contribution is -2.13. The van der Waals surface area contributed by atoms with E-state index in [-0.39, 0.29) is 5.91 Å². The van der Waals surface area contributed by atoms with E-state index in [4.69, 9.17) is 0 Å². The lowest BCUT2D eigenvalue weighted by atomic mass is 10.2. The van der Waals surface area contributed by atoms with Crippen molar-refractivity contribution in [3.63, 3.8) is 0 Å². The van der Waals surface area contributed by atoms with Gasteiger partial charge >= 0.3 is 0 Å². The Kier molecular flexibility index (Phi) is 3.98. The van der Waals surface area contributed by atoms with Gasteiger partial charge in [-0.1, -0.05) is 12.1 Å². The van der Waals surface area contributed by atoms with Crippen molar-refractivity contribution < 1.29 is 4.79 Å². The molecule has 0 saturated heterocycles. The second-order valence-electron chi connectivity index (χ2n) is 3.75. The summed E-state index contributed by atoms with van der Waals surface area (Å²) in [5.74, 6) is -0.175. The fourth-order valence-corrected chi connectivity index (χ4v) is 2.61. The minimum atomic E-state index is -0.175. The minimum Gasteiger partial charge on any atom is -0.322 e. The van der Waals surface area contributed by atoms with Gasteiger partial charge in [0.25, 0.3) is 5.91 Å². The maximum absolute atomic E-state index is 12.1. The maximum Gasteiger partial charge on any atom is 0.259 e.